The summed E-state index contributed by atoms with van der Waals surface area (Å²) in [5.74, 6) is 0. The predicted octanol–water partition coefficient (Wildman–Crippen LogP) is 0.531. The van der Waals surface area contributed by atoms with Crippen molar-refractivity contribution in [3.05, 3.63) is 0 Å². The summed E-state index contributed by atoms with van der Waals surface area (Å²) in [4.78, 5) is 0.458. The minimum atomic E-state index is 0.0828. The third-order valence-corrected chi connectivity index (χ3v) is 1.87. The first-order chi connectivity index (χ1) is 3.83. The zero-order valence-electron chi connectivity index (χ0n) is 4.51. The van der Waals surface area contributed by atoms with E-state index < -0.39 is 0 Å². The lowest BCUT2D eigenvalue weighted by atomic mass is 10.2. The van der Waals surface area contributed by atoms with Crippen molar-refractivity contribution in [1.29, 1.82) is 0 Å². The van der Waals surface area contributed by atoms with Crippen LogP contribution in [0, 0.1) is 0 Å². The van der Waals surface area contributed by atoms with Gasteiger partial charge in [-0.15, -0.1) is 0 Å². The predicted molar refractivity (Wildman–Crippen MR) is 34.2 cm³/mol. The fourth-order valence-corrected chi connectivity index (χ4v) is 1.36. The summed E-state index contributed by atoms with van der Waals surface area (Å²) in [6, 6.07) is 0. The van der Waals surface area contributed by atoms with E-state index in [9.17, 15) is 0 Å². The van der Waals surface area contributed by atoms with E-state index in [-0.39, 0.29) is 12.7 Å². The molecule has 0 aromatic carbocycles. The van der Waals surface area contributed by atoms with Gasteiger partial charge < -0.3 is 9.84 Å². The monoisotopic (exact) mass is 180 g/mol. The molecule has 0 aromatic heterocycles. The maximum absolute atomic E-state index is 8.54. The van der Waals surface area contributed by atoms with E-state index >= 15 is 0 Å². The van der Waals surface area contributed by atoms with Crippen molar-refractivity contribution in [2.45, 2.75) is 17.4 Å². The Bertz CT molecular complexity index is 76.8. The van der Waals surface area contributed by atoms with Gasteiger partial charge in [-0.3, -0.25) is 0 Å². The molecule has 0 bridgehead atoms. The van der Waals surface area contributed by atoms with Crippen LogP contribution < -0.4 is 0 Å². The van der Waals surface area contributed by atoms with Gasteiger partial charge in [-0.1, -0.05) is 15.9 Å². The molecule has 0 radical (unpaired) electrons. The average Bonchev–Trinajstić information content (AvgIpc) is 2.14. The Morgan fingerprint density at radius 1 is 1.75 bits per heavy atom. The molecule has 8 heavy (non-hydrogen) atoms. The Hall–Kier alpha value is 0.400. The Morgan fingerprint density at radius 2 is 2.50 bits per heavy atom. The number of halogens is 1. The summed E-state index contributed by atoms with van der Waals surface area (Å²) >= 11 is 3.38. The van der Waals surface area contributed by atoms with E-state index in [0.717, 1.165) is 13.0 Å². The van der Waals surface area contributed by atoms with Crippen molar-refractivity contribution in [3.8, 4) is 0 Å². The lowest BCUT2D eigenvalue weighted by Crippen LogP contribution is -2.09. The number of hydrogen-bond donors (Lipinski definition) is 1. The maximum Gasteiger partial charge on any atom is 0.0817 e. The molecule has 1 fully saturated rings. The molecular weight excluding hydrogens is 172 g/mol. The van der Waals surface area contributed by atoms with Gasteiger partial charge >= 0.3 is 0 Å². The molecule has 0 unspecified atom stereocenters. The van der Waals surface area contributed by atoms with Crippen LogP contribution in [-0.2, 0) is 4.74 Å². The number of alkyl halides is 1. The van der Waals surface area contributed by atoms with Gasteiger partial charge in [0.25, 0.3) is 0 Å². The fraction of sp³-hybridized carbons (Fsp3) is 1.00. The number of rotatable bonds is 1. The van der Waals surface area contributed by atoms with E-state index in [1.807, 2.05) is 0 Å². The molecule has 1 aliphatic rings. The fourth-order valence-electron chi connectivity index (χ4n) is 0.789. The van der Waals surface area contributed by atoms with E-state index in [1.54, 1.807) is 0 Å². The largest absolute Gasteiger partial charge is 0.394 e. The van der Waals surface area contributed by atoms with Gasteiger partial charge in [-0.25, -0.2) is 0 Å². The highest BCUT2D eigenvalue weighted by atomic mass is 79.9. The van der Waals surface area contributed by atoms with Crippen molar-refractivity contribution >= 4 is 15.9 Å². The third-order valence-electron chi connectivity index (χ3n) is 1.24. The van der Waals surface area contributed by atoms with Crippen LogP contribution in [0.1, 0.15) is 6.42 Å². The number of ether oxygens (including phenoxy) is 1. The van der Waals surface area contributed by atoms with E-state index in [2.05, 4.69) is 15.9 Å². The third kappa shape index (κ3) is 1.44. The van der Waals surface area contributed by atoms with Crippen LogP contribution in [0.15, 0.2) is 0 Å². The van der Waals surface area contributed by atoms with Crippen LogP contribution in [0.25, 0.3) is 0 Å². The number of hydrogen-bond acceptors (Lipinski definition) is 2. The minimum Gasteiger partial charge on any atom is -0.394 e. The van der Waals surface area contributed by atoms with E-state index in [1.165, 1.54) is 0 Å². The van der Waals surface area contributed by atoms with Crippen molar-refractivity contribution in [1.82, 2.24) is 0 Å². The molecule has 0 amide bonds. The topological polar surface area (TPSA) is 29.5 Å². The van der Waals surface area contributed by atoms with Crippen molar-refractivity contribution in [3.63, 3.8) is 0 Å². The number of aliphatic hydroxyl groups excluding tert-OH is 1. The molecule has 1 saturated heterocycles. The van der Waals surface area contributed by atoms with Gasteiger partial charge in [-0.05, 0) is 6.42 Å². The smallest absolute Gasteiger partial charge is 0.0817 e. The minimum absolute atomic E-state index is 0.0828. The van der Waals surface area contributed by atoms with Crippen LogP contribution in [0.3, 0.4) is 0 Å². The summed E-state index contributed by atoms with van der Waals surface area (Å²) in [6.07, 6.45) is 1.02. The van der Waals surface area contributed by atoms with Crippen molar-refractivity contribution in [2.24, 2.45) is 0 Å². The van der Waals surface area contributed by atoms with Gasteiger partial charge in [0.05, 0.1) is 19.3 Å². The van der Waals surface area contributed by atoms with Gasteiger partial charge in [0, 0.05) is 4.83 Å². The van der Waals surface area contributed by atoms with Gasteiger partial charge in [-0.2, -0.15) is 0 Å². The summed E-state index contributed by atoms with van der Waals surface area (Å²) in [7, 11) is 0. The molecule has 0 saturated carbocycles. The molecule has 0 spiro atoms. The molecule has 1 heterocycles. The zero-order chi connectivity index (χ0) is 5.98. The Kier molecular flexibility index (Phi) is 2.28. The van der Waals surface area contributed by atoms with Crippen LogP contribution >= 0.6 is 15.9 Å². The Balaban J connectivity index is 2.22. The Morgan fingerprint density at radius 3 is 2.75 bits per heavy atom. The first-order valence-electron chi connectivity index (χ1n) is 2.69. The van der Waals surface area contributed by atoms with Crippen LogP contribution in [0.5, 0.6) is 0 Å². The first kappa shape index (κ1) is 6.52. The molecule has 2 atom stereocenters. The molecule has 1 aliphatic heterocycles. The SMILES string of the molecule is OC[C@H]1C[C@@H](Br)CO1. The van der Waals surface area contributed by atoms with Crippen LogP contribution in [0.2, 0.25) is 0 Å². The molecule has 1 N–H and O–H groups in total. The molecule has 3 heteroatoms. The zero-order valence-corrected chi connectivity index (χ0v) is 6.10. The molecule has 48 valence electrons. The normalized spacial score (nSPS) is 38.2. The lowest BCUT2D eigenvalue weighted by Gasteiger charge is -2.00. The highest BCUT2D eigenvalue weighted by molar-refractivity contribution is 9.09. The van der Waals surface area contributed by atoms with Gasteiger partial charge in [0.2, 0.25) is 0 Å². The average molecular weight is 181 g/mol. The second-order valence-corrected chi connectivity index (χ2v) is 3.27. The van der Waals surface area contributed by atoms with E-state index in [0.29, 0.717) is 4.83 Å². The standard InChI is InChI=1S/C5H9BrO2/c6-4-1-5(2-7)8-3-4/h4-5,7H,1-3H2/t4-,5-/m1/s1. The summed E-state index contributed by atoms with van der Waals surface area (Å²) in [5, 5.41) is 8.54. The number of aliphatic hydroxyl groups is 1. The van der Waals surface area contributed by atoms with Crippen LogP contribution in [0.4, 0.5) is 0 Å². The van der Waals surface area contributed by atoms with Crippen molar-refractivity contribution < 1.29 is 9.84 Å². The molecular formula is C5H9BrO2. The summed E-state index contributed by atoms with van der Waals surface area (Å²) in [5.41, 5.74) is 0. The second-order valence-electron chi connectivity index (χ2n) is 1.97. The van der Waals surface area contributed by atoms with Crippen LogP contribution in [-0.4, -0.2) is 29.3 Å². The lowest BCUT2D eigenvalue weighted by molar-refractivity contribution is 0.0593. The molecule has 1 rings (SSSR count). The molecule has 0 aromatic rings. The second kappa shape index (κ2) is 2.80. The highest BCUT2D eigenvalue weighted by Crippen LogP contribution is 2.18. The molecule has 2 nitrogen and oxygen atoms in total. The first-order valence-corrected chi connectivity index (χ1v) is 3.61. The van der Waals surface area contributed by atoms with Gasteiger partial charge in [0.15, 0.2) is 0 Å². The summed E-state index contributed by atoms with van der Waals surface area (Å²) < 4.78 is 5.12. The molecule has 0 aliphatic carbocycles. The quantitative estimate of drug-likeness (QED) is 0.598. The van der Waals surface area contributed by atoms with E-state index in [4.69, 9.17) is 9.84 Å². The summed E-state index contributed by atoms with van der Waals surface area (Å²) in [6.45, 7) is 0.896. The maximum atomic E-state index is 8.54. The van der Waals surface area contributed by atoms with Crippen molar-refractivity contribution in [2.75, 3.05) is 13.2 Å². The highest BCUT2D eigenvalue weighted by Gasteiger charge is 2.21. The van der Waals surface area contributed by atoms with Gasteiger partial charge in [0.1, 0.15) is 0 Å². The Labute approximate surface area is 57.0 Å².